The third-order valence-electron chi connectivity index (χ3n) is 3.58. The van der Waals surface area contributed by atoms with Crippen molar-refractivity contribution in [3.63, 3.8) is 0 Å². The molecule has 2 N–H and O–H groups in total. The van der Waals surface area contributed by atoms with E-state index in [0.29, 0.717) is 25.7 Å². The van der Waals surface area contributed by atoms with Gasteiger partial charge in [-0.1, -0.05) is 6.42 Å². The molecule has 4 heteroatoms. The van der Waals surface area contributed by atoms with E-state index in [1.165, 1.54) is 30.4 Å². The summed E-state index contributed by atoms with van der Waals surface area (Å²) < 4.78 is 10.4. The van der Waals surface area contributed by atoms with Crippen molar-refractivity contribution in [2.45, 2.75) is 44.9 Å². The number of rotatable bonds is 6. The standard InChI is InChI=1S/C14H22N2O2/c1-17-8-12-6-11(7-15)14(10-4-3-5-10)13(16-12)9-18-2/h6,10H,3-5,7-9,15H2,1-2H3. The van der Waals surface area contributed by atoms with Gasteiger partial charge >= 0.3 is 0 Å². The van der Waals surface area contributed by atoms with Crippen LogP contribution in [0, 0.1) is 0 Å². The van der Waals surface area contributed by atoms with E-state index in [0.717, 1.165) is 11.4 Å². The average molecular weight is 250 g/mol. The van der Waals surface area contributed by atoms with Gasteiger partial charge in [-0.3, -0.25) is 4.98 Å². The van der Waals surface area contributed by atoms with Crippen LogP contribution in [0.3, 0.4) is 0 Å². The van der Waals surface area contributed by atoms with Crippen molar-refractivity contribution in [2.24, 2.45) is 5.73 Å². The summed E-state index contributed by atoms with van der Waals surface area (Å²) in [6.45, 7) is 1.63. The van der Waals surface area contributed by atoms with E-state index in [-0.39, 0.29) is 0 Å². The van der Waals surface area contributed by atoms with Crippen molar-refractivity contribution in [2.75, 3.05) is 14.2 Å². The maximum absolute atomic E-state index is 5.89. The number of hydrogen-bond acceptors (Lipinski definition) is 4. The minimum Gasteiger partial charge on any atom is -0.378 e. The van der Waals surface area contributed by atoms with Gasteiger partial charge in [0.1, 0.15) is 0 Å². The van der Waals surface area contributed by atoms with Crippen LogP contribution >= 0.6 is 0 Å². The monoisotopic (exact) mass is 250 g/mol. The Balaban J connectivity index is 2.39. The highest BCUT2D eigenvalue weighted by Gasteiger charge is 2.25. The molecule has 4 nitrogen and oxygen atoms in total. The molecule has 0 bridgehead atoms. The number of aromatic nitrogens is 1. The highest BCUT2D eigenvalue weighted by atomic mass is 16.5. The Kier molecular flexibility index (Phi) is 4.69. The van der Waals surface area contributed by atoms with Crippen LogP contribution in [0.5, 0.6) is 0 Å². The van der Waals surface area contributed by atoms with Crippen molar-refractivity contribution in [3.8, 4) is 0 Å². The van der Waals surface area contributed by atoms with E-state index < -0.39 is 0 Å². The summed E-state index contributed by atoms with van der Waals surface area (Å²) in [6.07, 6.45) is 3.80. The lowest BCUT2D eigenvalue weighted by Crippen LogP contribution is -2.18. The number of ether oxygens (including phenoxy) is 2. The summed E-state index contributed by atoms with van der Waals surface area (Å²) in [5.74, 6) is 0.623. The van der Waals surface area contributed by atoms with E-state index in [9.17, 15) is 0 Å². The topological polar surface area (TPSA) is 57.4 Å². The zero-order valence-electron chi connectivity index (χ0n) is 11.2. The van der Waals surface area contributed by atoms with Crippen molar-refractivity contribution in [1.29, 1.82) is 0 Å². The second kappa shape index (κ2) is 6.27. The van der Waals surface area contributed by atoms with E-state index in [1.54, 1.807) is 14.2 Å². The SMILES string of the molecule is COCc1cc(CN)c(C2CCC2)c(COC)n1. The fourth-order valence-electron chi connectivity index (χ4n) is 2.56. The Bertz CT molecular complexity index is 403. The summed E-state index contributed by atoms with van der Waals surface area (Å²) in [6, 6.07) is 2.08. The molecule has 1 aliphatic carbocycles. The molecular weight excluding hydrogens is 228 g/mol. The van der Waals surface area contributed by atoms with E-state index in [4.69, 9.17) is 15.2 Å². The fraction of sp³-hybridized carbons (Fsp3) is 0.643. The molecule has 0 aromatic carbocycles. The lowest BCUT2D eigenvalue weighted by Gasteiger charge is -2.30. The van der Waals surface area contributed by atoms with Crippen LogP contribution < -0.4 is 5.73 Å². The van der Waals surface area contributed by atoms with Crippen LogP contribution in [0.25, 0.3) is 0 Å². The van der Waals surface area contributed by atoms with Crippen molar-refractivity contribution in [3.05, 3.63) is 28.6 Å². The predicted molar refractivity (Wildman–Crippen MR) is 70.1 cm³/mol. The molecule has 18 heavy (non-hydrogen) atoms. The smallest absolute Gasteiger partial charge is 0.0887 e. The van der Waals surface area contributed by atoms with E-state index >= 15 is 0 Å². The van der Waals surface area contributed by atoms with Gasteiger partial charge in [-0.25, -0.2) is 0 Å². The summed E-state index contributed by atoms with van der Waals surface area (Å²) in [7, 11) is 3.39. The first-order valence-corrected chi connectivity index (χ1v) is 6.49. The first-order valence-electron chi connectivity index (χ1n) is 6.49. The van der Waals surface area contributed by atoms with E-state index in [1.807, 2.05) is 0 Å². The van der Waals surface area contributed by atoms with Crippen molar-refractivity contribution < 1.29 is 9.47 Å². The van der Waals surface area contributed by atoms with Gasteiger partial charge in [0.25, 0.3) is 0 Å². The molecule has 1 aliphatic rings. The highest BCUT2D eigenvalue weighted by Crippen LogP contribution is 2.39. The molecular formula is C14H22N2O2. The first-order chi connectivity index (χ1) is 8.80. The molecule has 0 spiro atoms. The van der Waals surface area contributed by atoms with Gasteiger partial charge in [-0.2, -0.15) is 0 Å². The molecule has 1 fully saturated rings. The molecule has 0 saturated heterocycles. The maximum atomic E-state index is 5.89. The quantitative estimate of drug-likeness (QED) is 0.840. The molecule has 1 aromatic heterocycles. The minimum atomic E-state index is 0.522. The lowest BCUT2D eigenvalue weighted by atomic mass is 9.77. The highest BCUT2D eigenvalue weighted by molar-refractivity contribution is 5.36. The minimum absolute atomic E-state index is 0.522. The summed E-state index contributed by atoms with van der Waals surface area (Å²) in [4.78, 5) is 4.66. The Morgan fingerprint density at radius 2 is 2.00 bits per heavy atom. The number of hydrogen-bond donors (Lipinski definition) is 1. The van der Waals surface area contributed by atoms with Crippen LogP contribution in [-0.4, -0.2) is 19.2 Å². The average Bonchev–Trinajstić information content (AvgIpc) is 2.30. The van der Waals surface area contributed by atoms with Gasteiger partial charge < -0.3 is 15.2 Å². The van der Waals surface area contributed by atoms with E-state index in [2.05, 4.69) is 11.1 Å². The van der Waals surface area contributed by atoms with Crippen LogP contribution in [0.1, 0.15) is 47.7 Å². The lowest BCUT2D eigenvalue weighted by molar-refractivity contribution is 0.171. The Morgan fingerprint density at radius 1 is 1.28 bits per heavy atom. The molecule has 0 atom stereocenters. The zero-order chi connectivity index (χ0) is 13.0. The van der Waals surface area contributed by atoms with Crippen LogP contribution in [0.15, 0.2) is 6.07 Å². The molecule has 0 aliphatic heterocycles. The van der Waals surface area contributed by atoms with Gasteiger partial charge in [-0.05, 0) is 36.0 Å². The summed E-state index contributed by atoms with van der Waals surface area (Å²) >= 11 is 0. The molecule has 2 rings (SSSR count). The fourth-order valence-corrected chi connectivity index (χ4v) is 2.56. The molecule has 1 saturated carbocycles. The largest absolute Gasteiger partial charge is 0.378 e. The van der Waals surface area contributed by atoms with Gasteiger partial charge in [0.2, 0.25) is 0 Å². The van der Waals surface area contributed by atoms with Crippen LogP contribution in [0.4, 0.5) is 0 Å². The van der Waals surface area contributed by atoms with Crippen LogP contribution in [-0.2, 0) is 29.2 Å². The van der Waals surface area contributed by atoms with Crippen molar-refractivity contribution >= 4 is 0 Å². The normalized spacial score (nSPS) is 15.7. The van der Waals surface area contributed by atoms with Gasteiger partial charge in [0.05, 0.1) is 24.6 Å². The molecule has 1 aromatic rings. The number of pyridine rings is 1. The molecule has 1 heterocycles. The maximum Gasteiger partial charge on any atom is 0.0887 e. The first kappa shape index (κ1) is 13.5. The molecule has 0 amide bonds. The number of nitrogens with two attached hydrogens (primary N) is 1. The zero-order valence-corrected chi connectivity index (χ0v) is 11.2. The summed E-state index contributed by atoms with van der Waals surface area (Å²) in [5.41, 5.74) is 10.4. The third-order valence-corrected chi connectivity index (χ3v) is 3.58. The Labute approximate surface area is 108 Å². The predicted octanol–water partition coefficient (Wildman–Crippen LogP) is 2.10. The number of nitrogens with zero attached hydrogens (tertiary/aromatic N) is 1. The molecule has 100 valence electrons. The molecule has 0 radical (unpaired) electrons. The van der Waals surface area contributed by atoms with Gasteiger partial charge in [0.15, 0.2) is 0 Å². The Hall–Kier alpha value is -0.970. The van der Waals surface area contributed by atoms with Gasteiger partial charge in [0, 0.05) is 20.8 Å². The Morgan fingerprint density at radius 3 is 2.50 bits per heavy atom. The second-order valence-electron chi connectivity index (χ2n) is 4.83. The second-order valence-corrected chi connectivity index (χ2v) is 4.83. The molecule has 0 unspecified atom stereocenters. The third kappa shape index (κ3) is 2.71. The summed E-state index contributed by atoms with van der Waals surface area (Å²) in [5, 5.41) is 0. The van der Waals surface area contributed by atoms with Crippen LogP contribution in [0.2, 0.25) is 0 Å². The van der Waals surface area contributed by atoms with Crippen molar-refractivity contribution in [1.82, 2.24) is 4.98 Å². The number of methoxy groups -OCH3 is 2. The van der Waals surface area contributed by atoms with Gasteiger partial charge in [-0.15, -0.1) is 0 Å².